The lowest BCUT2D eigenvalue weighted by Crippen LogP contribution is -2.60. The monoisotopic (exact) mass is 531 g/mol. The third-order valence-electron chi connectivity index (χ3n) is 6.60. The molecule has 5 atom stereocenters. The maximum absolute atomic E-state index is 13.1. The Hall–Kier alpha value is -3.97. The third-order valence-corrected chi connectivity index (χ3v) is 6.60. The number of fused-ring (bicyclic) bond motifs is 1. The van der Waals surface area contributed by atoms with Crippen LogP contribution in [0.4, 0.5) is 0 Å². The summed E-state index contributed by atoms with van der Waals surface area (Å²) in [5, 5.41) is 34.4. The minimum Gasteiger partial charge on any atom is -0.481 e. The van der Waals surface area contributed by atoms with Gasteiger partial charge in [0.15, 0.2) is 0 Å². The normalized spacial score (nSPS) is 18.4. The van der Waals surface area contributed by atoms with Crippen molar-refractivity contribution < 1.29 is 39.3 Å². The number of aromatic nitrogens is 1. The van der Waals surface area contributed by atoms with Crippen LogP contribution in [-0.2, 0) is 30.4 Å². The Morgan fingerprint density at radius 1 is 1.13 bits per heavy atom. The molecule has 1 aromatic heterocycles. The number of rotatable bonds is 12. The number of carbonyl (C=O) groups is 5. The summed E-state index contributed by atoms with van der Waals surface area (Å²) in [5.41, 5.74) is 7.75. The number of aliphatic hydroxyl groups excluding tert-OH is 1. The predicted molar refractivity (Wildman–Crippen MR) is 135 cm³/mol. The van der Waals surface area contributed by atoms with Crippen LogP contribution in [0.2, 0.25) is 0 Å². The van der Waals surface area contributed by atoms with Gasteiger partial charge >= 0.3 is 11.9 Å². The Bertz CT molecular complexity index is 1200. The number of likely N-dealkylation sites (tertiary alicyclic amines) is 1. The van der Waals surface area contributed by atoms with Gasteiger partial charge in [0, 0.05) is 30.1 Å². The fraction of sp³-hybridized carbons (Fsp3) is 0.480. The van der Waals surface area contributed by atoms with Crippen LogP contribution in [0, 0.1) is 0 Å². The smallest absolute Gasteiger partial charge is 0.326 e. The van der Waals surface area contributed by atoms with E-state index in [-0.39, 0.29) is 25.8 Å². The van der Waals surface area contributed by atoms with Crippen LogP contribution in [0.5, 0.6) is 0 Å². The first-order valence-corrected chi connectivity index (χ1v) is 12.3. The predicted octanol–water partition coefficient (Wildman–Crippen LogP) is -0.671. The first kappa shape index (κ1) is 28.6. The molecule has 0 bridgehead atoms. The largest absolute Gasteiger partial charge is 0.481 e. The zero-order valence-corrected chi connectivity index (χ0v) is 20.9. The molecule has 13 heteroatoms. The molecule has 1 aromatic carbocycles. The third kappa shape index (κ3) is 6.86. The van der Waals surface area contributed by atoms with E-state index in [1.165, 1.54) is 6.92 Å². The topological polar surface area (TPSA) is 215 Å². The number of hydrogen-bond donors (Lipinski definition) is 7. The number of hydrogen-bond acceptors (Lipinski definition) is 7. The summed E-state index contributed by atoms with van der Waals surface area (Å²) in [5.74, 6) is -4.78. The van der Waals surface area contributed by atoms with Crippen molar-refractivity contribution in [3.05, 3.63) is 36.0 Å². The summed E-state index contributed by atoms with van der Waals surface area (Å²) in [4.78, 5) is 65.8. The van der Waals surface area contributed by atoms with E-state index in [9.17, 15) is 34.2 Å². The molecule has 0 aliphatic carbocycles. The van der Waals surface area contributed by atoms with E-state index in [2.05, 4.69) is 15.6 Å². The number of para-hydroxylation sites is 1. The van der Waals surface area contributed by atoms with Gasteiger partial charge in [0.2, 0.25) is 17.7 Å². The molecule has 0 spiro atoms. The number of H-pyrrole nitrogens is 1. The van der Waals surface area contributed by atoms with Gasteiger partial charge in [-0.15, -0.1) is 0 Å². The van der Waals surface area contributed by atoms with Gasteiger partial charge < -0.3 is 41.6 Å². The van der Waals surface area contributed by atoms with Crippen LogP contribution in [0.3, 0.4) is 0 Å². The van der Waals surface area contributed by atoms with Crippen LogP contribution in [0.15, 0.2) is 30.5 Å². The SMILES string of the molecule is CC(O)C(NC(=O)C(CCC(=O)O)NC(=O)C(N)Cc1c[nH]c2ccccc12)C(=O)N1CCCC1C(=O)O. The number of nitrogens with two attached hydrogens (primary N) is 1. The van der Waals surface area contributed by atoms with E-state index in [1.54, 1.807) is 6.20 Å². The van der Waals surface area contributed by atoms with Crippen molar-refractivity contribution in [1.82, 2.24) is 20.5 Å². The lowest BCUT2D eigenvalue weighted by molar-refractivity contribution is -0.150. The summed E-state index contributed by atoms with van der Waals surface area (Å²) >= 11 is 0. The molecule has 3 amide bonds. The van der Waals surface area contributed by atoms with Crippen molar-refractivity contribution >= 4 is 40.6 Å². The van der Waals surface area contributed by atoms with Crippen molar-refractivity contribution in [2.75, 3.05) is 6.54 Å². The second kappa shape index (κ2) is 12.5. The molecule has 2 heterocycles. The van der Waals surface area contributed by atoms with Crippen molar-refractivity contribution in [1.29, 1.82) is 0 Å². The van der Waals surface area contributed by atoms with Crippen LogP contribution in [0.1, 0.15) is 38.2 Å². The molecule has 2 aromatic rings. The minimum absolute atomic E-state index is 0.142. The second-order valence-electron chi connectivity index (χ2n) is 9.42. The highest BCUT2D eigenvalue weighted by atomic mass is 16.4. The van der Waals surface area contributed by atoms with Gasteiger partial charge in [-0.3, -0.25) is 19.2 Å². The van der Waals surface area contributed by atoms with Gasteiger partial charge in [0.25, 0.3) is 0 Å². The molecule has 0 saturated carbocycles. The van der Waals surface area contributed by atoms with Gasteiger partial charge in [-0.05, 0) is 44.2 Å². The number of aliphatic hydroxyl groups is 1. The highest BCUT2D eigenvalue weighted by molar-refractivity contribution is 5.95. The second-order valence-corrected chi connectivity index (χ2v) is 9.42. The van der Waals surface area contributed by atoms with Crippen molar-refractivity contribution in [2.24, 2.45) is 5.73 Å². The van der Waals surface area contributed by atoms with Crippen molar-refractivity contribution in [2.45, 2.75) is 69.3 Å². The number of carbonyl (C=O) groups excluding carboxylic acids is 3. The molecule has 5 unspecified atom stereocenters. The van der Waals surface area contributed by atoms with Crippen molar-refractivity contribution in [3.8, 4) is 0 Å². The molecular weight excluding hydrogens is 498 g/mol. The molecule has 38 heavy (non-hydrogen) atoms. The Balaban J connectivity index is 1.71. The summed E-state index contributed by atoms with van der Waals surface area (Å²) in [7, 11) is 0. The highest BCUT2D eigenvalue weighted by Crippen LogP contribution is 2.20. The van der Waals surface area contributed by atoms with Crippen molar-refractivity contribution in [3.63, 3.8) is 0 Å². The molecule has 1 fully saturated rings. The molecule has 8 N–H and O–H groups in total. The van der Waals surface area contributed by atoms with Gasteiger partial charge in [-0.2, -0.15) is 0 Å². The molecule has 1 saturated heterocycles. The molecule has 13 nitrogen and oxygen atoms in total. The van der Waals surface area contributed by atoms with E-state index < -0.39 is 66.4 Å². The summed E-state index contributed by atoms with van der Waals surface area (Å²) in [6.45, 7) is 1.41. The van der Waals surface area contributed by atoms with E-state index in [4.69, 9.17) is 10.8 Å². The van der Waals surface area contributed by atoms with Crippen LogP contribution in [0.25, 0.3) is 10.9 Å². The number of amides is 3. The minimum atomic E-state index is -1.49. The van der Waals surface area contributed by atoms with E-state index >= 15 is 0 Å². The fourth-order valence-corrected chi connectivity index (χ4v) is 4.55. The van der Waals surface area contributed by atoms with Crippen LogP contribution in [-0.4, -0.2) is 91.7 Å². The quantitative estimate of drug-likeness (QED) is 0.184. The number of carboxylic acids is 2. The molecular formula is C25H33N5O8. The average Bonchev–Trinajstić information content (AvgIpc) is 3.52. The van der Waals surface area contributed by atoms with E-state index in [0.29, 0.717) is 6.42 Å². The summed E-state index contributed by atoms with van der Waals surface area (Å²) < 4.78 is 0. The van der Waals surface area contributed by atoms with Gasteiger partial charge in [-0.25, -0.2) is 4.79 Å². The average molecular weight is 532 g/mol. The number of nitrogens with zero attached hydrogens (tertiary/aromatic N) is 1. The standard InChI is InChI=1S/C25H33N5O8/c1-13(31)21(24(36)30-10-4-7-19(30)25(37)38)29-23(35)18(8-9-20(32)33)28-22(34)16(26)11-14-12-27-17-6-3-2-5-15(14)17/h2-3,5-6,12-13,16,18-19,21,27,31H,4,7-11,26H2,1H3,(H,28,34)(H,29,35)(H,32,33)(H,37,38). The molecule has 1 aliphatic heterocycles. The molecule has 206 valence electrons. The number of aromatic amines is 1. The lowest BCUT2D eigenvalue weighted by atomic mass is 10.0. The molecule has 3 rings (SSSR count). The van der Waals surface area contributed by atoms with Crippen LogP contribution >= 0.6 is 0 Å². The van der Waals surface area contributed by atoms with Gasteiger partial charge in [0.05, 0.1) is 12.1 Å². The Labute approximate surface area is 218 Å². The maximum atomic E-state index is 13.1. The summed E-state index contributed by atoms with van der Waals surface area (Å²) in [6, 6.07) is 2.45. The highest BCUT2D eigenvalue weighted by Gasteiger charge is 2.40. The Kier molecular flexibility index (Phi) is 9.42. The fourth-order valence-electron chi connectivity index (χ4n) is 4.55. The summed E-state index contributed by atoms with van der Waals surface area (Å²) in [6.07, 6.45) is 0.423. The Morgan fingerprint density at radius 3 is 2.50 bits per heavy atom. The van der Waals surface area contributed by atoms with E-state index in [1.807, 2.05) is 24.3 Å². The number of aliphatic carboxylic acids is 2. The maximum Gasteiger partial charge on any atom is 0.326 e. The van der Waals surface area contributed by atoms with Crippen LogP contribution < -0.4 is 16.4 Å². The number of nitrogens with one attached hydrogen (secondary N) is 3. The van der Waals surface area contributed by atoms with Gasteiger partial charge in [0.1, 0.15) is 18.1 Å². The van der Waals surface area contributed by atoms with E-state index in [0.717, 1.165) is 21.4 Å². The molecule has 0 radical (unpaired) electrons. The first-order chi connectivity index (χ1) is 18.0. The molecule has 1 aliphatic rings. The zero-order valence-electron chi connectivity index (χ0n) is 20.9. The number of carboxylic acid groups (broad SMARTS) is 2. The lowest BCUT2D eigenvalue weighted by Gasteiger charge is -2.30. The first-order valence-electron chi connectivity index (χ1n) is 12.3. The van der Waals surface area contributed by atoms with Gasteiger partial charge in [-0.1, -0.05) is 18.2 Å². The Morgan fingerprint density at radius 2 is 1.84 bits per heavy atom. The number of benzene rings is 1. The zero-order chi connectivity index (χ0) is 28.0.